The average Bonchev–Trinajstić information content (AvgIpc) is 3.18. The quantitative estimate of drug-likeness (QED) is 0.696. The Labute approximate surface area is 105 Å². The van der Waals surface area contributed by atoms with E-state index < -0.39 is 0 Å². The molecule has 0 aromatic heterocycles. The summed E-state index contributed by atoms with van der Waals surface area (Å²) in [6.07, 6.45) is 9.87. The summed E-state index contributed by atoms with van der Waals surface area (Å²) in [4.78, 5) is 12.1. The van der Waals surface area contributed by atoms with Crippen LogP contribution in [0.25, 0.3) is 0 Å². The topological polar surface area (TPSA) is 55.1 Å². The molecule has 2 aliphatic rings. The van der Waals surface area contributed by atoms with Crippen LogP contribution >= 0.6 is 0 Å². The summed E-state index contributed by atoms with van der Waals surface area (Å²) in [7, 11) is 0. The van der Waals surface area contributed by atoms with Gasteiger partial charge in [-0.05, 0) is 44.1 Å². The maximum atomic E-state index is 12.1. The second-order valence-electron chi connectivity index (χ2n) is 5.76. The number of carbonyl (C=O) groups is 1. The van der Waals surface area contributed by atoms with Gasteiger partial charge < -0.3 is 11.1 Å². The number of hydrogen-bond donors (Lipinski definition) is 2. The molecule has 2 aliphatic carbocycles. The SMILES string of the molecule is NCC1CCCCC1C(=O)NCCCC1CC1. The van der Waals surface area contributed by atoms with Crippen molar-refractivity contribution >= 4 is 5.91 Å². The lowest BCUT2D eigenvalue weighted by molar-refractivity contribution is -0.127. The van der Waals surface area contributed by atoms with Crippen molar-refractivity contribution in [2.75, 3.05) is 13.1 Å². The molecule has 17 heavy (non-hydrogen) atoms. The number of rotatable bonds is 6. The zero-order valence-corrected chi connectivity index (χ0v) is 10.8. The fraction of sp³-hybridized carbons (Fsp3) is 0.929. The van der Waals surface area contributed by atoms with Crippen LogP contribution in [0.1, 0.15) is 51.4 Å². The highest BCUT2D eigenvalue weighted by Gasteiger charge is 2.29. The molecule has 3 N–H and O–H groups in total. The van der Waals surface area contributed by atoms with Gasteiger partial charge in [0, 0.05) is 12.5 Å². The van der Waals surface area contributed by atoms with Crippen molar-refractivity contribution in [3.63, 3.8) is 0 Å². The molecule has 0 heterocycles. The molecule has 2 saturated carbocycles. The van der Waals surface area contributed by atoms with Gasteiger partial charge in [0.2, 0.25) is 5.91 Å². The summed E-state index contributed by atoms with van der Waals surface area (Å²) >= 11 is 0. The molecule has 2 rings (SSSR count). The molecule has 3 heteroatoms. The highest BCUT2D eigenvalue weighted by atomic mass is 16.1. The van der Waals surface area contributed by atoms with E-state index in [0.29, 0.717) is 12.5 Å². The van der Waals surface area contributed by atoms with Crippen molar-refractivity contribution in [2.24, 2.45) is 23.5 Å². The fourth-order valence-corrected chi connectivity index (χ4v) is 2.97. The highest BCUT2D eigenvalue weighted by molar-refractivity contribution is 5.79. The molecule has 0 aromatic rings. The van der Waals surface area contributed by atoms with Crippen LogP contribution in [0.3, 0.4) is 0 Å². The standard InChI is InChI=1S/C14H26N2O/c15-10-12-5-1-2-6-13(12)14(17)16-9-3-4-11-7-8-11/h11-13H,1-10,15H2,(H,16,17). The Bertz CT molecular complexity index is 251. The zero-order chi connectivity index (χ0) is 12.1. The van der Waals surface area contributed by atoms with Crippen molar-refractivity contribution in [3.05, 3.63) is 0 Å². The van der Waals surface area contributed by atoms with E-state index in [9.17, 15) is 4.79 Å². The minimum Gasteiger partial charge on any atom is -0.356 e. The van der Waals surface area contributed by atoms with Crippen LogP contribution < -0.4 is 11.1 Å². The number of amides is 1. The van der Waals surface area contributed by atoms with Crippen molar-refractivity contribution < 1.29 is 4.79 Å². The fourth-order valence-electron chi connectivity index (χ4n) is 2.97. The van der Waals surface area contributed by atoms with Gasteiger partial charge in [-0.25, -0.2) is 0 Å². The van der Waals surface area contributed by atoms with Gasteiger partial charge in [-0.3, -0.25) is 4.79 Å². The van der Waals surface area contributed by atoms with Crippen molar-refractivity contribution in [1.29, 1.82) is 0 Å². The Morgan fingerprint density at radius 1 is 1.18 bits per heavy atom. The van der Waals surface area contributed by atoms with Crippen LogP contribution in [0.2, 0.25) is 0 Å². The number of hydrogen-bond acceptors (Lipinski definition) is 2. The molecule has 98 valence electrons. The molecule has 0 aliphatic heterocycles. The third-order valence-electron chi connectivity index (χ3n) is 4.33. The van der Waals surface area contributed by atoms with E-state index in [1.807, 2.05) is 0 Å². The summed E-state index contributed by atoms with van der Waals surface area (Å²) in [5.41, 5.74) is 5.75. The molecule has 1 amide bonds. The normalized spacial score (nSPS) is 29.0. The summed E-state index contributed by atoms with van der Waals surface area (Å²) < 4.78 is 0. The van der Waals surface area contributed by atoms with E-state index in [0.717, 1.165) is 31.7 Å². The minimum atomic E-state index is 0.190. The van der Waals surface area contributed by atoms with E-state index in [4.69, 9.17) is 5.73 Å². The van der Waals surface area contributed by atoms with Crippen LogP contribution in [0.15, 0.2) is 0 Å². The first kappa shape index (κ1) is 12.9. The van der Waals surface area contributed by atoms with Gasteiger partial charge in [0.15, 0.2) is 0 Å². The van der Waals surface area contributed by atoms with Crippen LogP contribution in [0.5, 0.6) is 0 Å². The largest absolute Gasteiger partial charge is 0.356 e. The van der Waals surface area contributed by atoms with Crippen LogP contribution in [0, 0.1) is 17.8 Å². The van der Waals surface area contributed by atoms with Gasteiger partial charge in [0.05, 0.1) is 0 Å². The smallest absolute Gasteiger partial charge is 0.223 e. The van der Waals surface area contributed by atoms with E-state index in [1.165, 1.54) is 32.1 Å². The Morgan fingerprint density at radius 2 is 1.94 bits per heavy atom. The molecule has 2 unspecified atom stereocenters. The second-order valence-corrected chi connectivity index (χ2v) is 5.76. The average molecular weight is 238 g/mol. The molecular formula is C14H26N2O. The first-order chi connectivity index (χ1) is 8.31. The molecule has 2 atom stereocenters. The van der Waals surface area contributed by atoms with Gasteiger partial charge in [0.1, 0.15) is 0 Å². The molecule has 2 fully saturated rings. The van der Waals surface area contributed by atoms with E-state index >= 15 is 0 Å². The molecule has 0 spiro atoms. The molecule has 0 aromatic carbocycles. The lowest BCUT2D eigenvalue weighted by atomic mass is 9.79. The lowest BCUT2D eigenvalue weighted by Crippen LogP contribution is -2.39. The molecule has 0 radical (unpaired) electrons. The molecule has 0 saturated heterocycles. The van der Waals surface area contributed by atoms with E-state index in [2.05, 4.69) is 5.32 Å². The predicted octanol–water partition coefficient (Wildman–Crippen LogP) is 2.06. The minimum absolute atomic E-state index is 0.190. The Balaban J connectivity index is 1.65. The summed E-state index contributed by atoms with van der Waals surface area (Å²) in [5.74, 6) is 1.84. The van der Waals surface area contributed by atoms with Crippen LogP contribution in [-0.4, -0.2) is 19.0 Å². The van der Waals surface area contributed by atoms with Crippen molar-refractivity contribution in [1.82, 2.24) is 5.32 Å². The third kappa shape index (κ3) is 3.98. The Hall–Kier alpha value is -0.570. The molecular weight excluding hydrogens is 212 g/mol. The van der Waals surface area contributed by atoms with E-state index in [1.54, 1.807) is 0 Å². The van der Waals surface area contributed by atoms with Gasteiger partial charge in [-0.2, -0.15) is 0 Å². The molecule has 3 nitrogen and oxygen atoms in total. The summed E-state index contributed by atoms with van der Waals surface area (Å²) in [6, 6.07) is 0. The molecule has 0 bridgehead atoms. The second kappa shape index (κ2) is 6.39. The first-order valence-electron chi connectivity index (χ1n) is 7.29. The van der Waals surface area contributed by atoms with Crippen molar-refractivity contribution in [3.8, 4) is 0 Å². The monoisotopic (exact) mass is 238 g/mol. The van der Waals surface area contributed by atoms with Gasteiger partial charge in [-0.15, -0.1) is 0 Å². The third-order valence-corrected chi connectivity index (χ3v) is 4.33. The zero-order valence-electron chi connectivity index (χ0n) is 10.8. The van der Waals surface area contributed by atoms with E-state index in [-0.39, 0.29) is 11.8 Å². The van der Waals surface area contributed by atoms with Gasteiger partial charge in [-0.1, -0.05) is 25.7 Å². The Kier molecular flexibility index (Phi) is 4.84. The summed E-state index contributed by atoms with van der Waals surface area (Å²) in [5, 5.41) is 3.11. The Morgan fingerprint density at radius 3 is 2.65 bits per heavy atom. The van der Waals surface area contributed by atoms with Gasteiger partial charge >= 0.3 is 0 Å². The number of carbonyl (C=O) groups excluding carboxylic acids is 1. The van der Waals surface area contributed by atoms with Crippen molar-refractivity contribution in [2.45, 2.75) is 51.4 Å². The number of nitrogens with one attached hydrogen (secondary N) is 1. The van der Waals surface area contributed by atoms with Crippen LogP contribution in [-0.2, 0) is 4.79 Å². The predicted molar refractivity (Wildman–Crippen MR) is 69.5 cm³/mol. The lowest BCUT2D eigenvalue weighted by Gasteiger charge is -2.29. The highest BCUT2D eigenvalue weighted by Crippen LogP contribution is 2.33. The van der Waals surface area contributed by atoms with Gasteiger partial charge in [0.25, 0.3) is 0 Å². The first-order valence-corrected chi connectivity index (χ1v) is 7.29. The number of nitrogens with two attached hydrogens (primary N) is 1. The summed E-state index contributed by atoms with van der Waals surface area (Å²) in [6.45, 7) is 1.53. The van der Waals surface area contributed by atoms with Crippen LogP contribution in [0.4, 0.5) is 0 Å². The maximum Gasteiger partial charge on any atom is 0.223 e. The maximum absolute atomic E-state index is 12.1.